The summed E-state index contributed by atoms with van der Waals surface area (Å²) in [4.78, 5) is 14.1. The molecule has 1 unspecified atom stereocenters. The van der Waals surface area contributed by atoms with E-state index in [1.165, 1.54) is 36.0 Å². The van der Waals surface area contributed by atoms with Crippen molar-refractivity contribution in [2.45, 2.75) is 52.6 Å². The summed E-state index contributed by atoms with van der Waals surface area (Å²) < 4.78 is 0. The Morgan fingerprint density at radius 3 is 2.75 bits per heavy atom. The summed E-state index contributed by atoms with van der Waals surface area (Å²) in [7, 11) is 0. The number of carbonyl (C=O) groups is 1. The zero-order chi connectivity index (χ0) is 14.5. The van der Waals surface area contributed by atoms with Gasteiger partial charge in [-0.15, -0.1) is 0 Å². The highest BCUT2D eigenvalue weighted by molar-refractivity contribution is 5.81. The lowest BCUT2D eigenvalue weighted by molar-refractivity contribution is -0.128. The van der Waals surface area contributed by atoms with E-state index in [1.54, 1.807) is 0 Å². The summed E-state index contributed by atoms with van der Waals surface area (Å²) in [5.74, 6) is 0.228. The second kappa shape index (κ2) is 6.89. The van der Waals surface area contributed by atoms with E-state index in [9.17, 15) is 4.79 Å². The van der Waals surface area contributed by atoms with Crippen LogP contribution in [0, 0.1) is 13.8 Å². The molecule has 110 valence electrons. The van der Waals surface area contributed by atoms with Crippen LogP contribution in [0.2, 0.25) is 0 Å². The van der Waals surface area contributed by atoms with Gasteiger partial charge in [0.2, 0.25) is 5.91 Å². The number of carbonyl (C=O) groups excluding carboxylic acids is 1. The average molecular weight is 274 g/mol. The van der Waals surface area contributed by atoms with E-state index in [-0.39, 0.29) is 12.1 Å². The van der Waals surface area contributed by atoms with Crippen LogP contribution in [-0.2, 0) is 4.79 Å². The van der Waals surface area contributed by atoms with Gasteiger partial charge in [0.25, 0.3) is 0 Å². The number of amides is 1. The molecule has 0 aromatic heterocycles. The van der Waals surface area contributed by atoms with Gasteiger partial charge in [0.1, 0.15) is 6.17 Å². The Morgan fingerprint density at radius 2 is 2.05 bits per heavy atom. The fraction of sp³-hybridized carbons (Fsp3) is 0.588. The summed E-state index contributed by atoms with van der Waals surface area (Å²) in [5, 5.41) is 3.35. The molecule has 0 saturated carbocycles. The minimum atomic E-state index is 0.0599. The van der Waals surface area contributed by atoms with Gasteiger partial charge in [-0.2, -0.15) is 0 Å². The maximum absolute atomic E-state index is 12.1. The Labute approximate surface area is 122 Å². The van der Waals surface area contributed by atoms with E-state index < -0.39 is 0 Å². The molecule has 20 heavy (non-hydrogen) atoms. The lowest BCUT2D eigenvalue weighted by Gasteiger charge is -2.26. The molecule has 1 saturated heterocycles. The summed E-state index contributed by atoms with van der Waals surface area (Å²) >= 11 is 0. The van der Waals surface area contributed by atoms with Crippen LogP contribution in [0.3, 0.4) is 0 Å². The highest BCUT2D eigenvalue weighted by atomic mass is 16.2. The van der Waals surface area contributed by atoms with Crippen LogP contribution in [0.5, 0.6) is 0 Å². The molecule has 1 N–H and O–H groups in total. The van der Waals surface area contributed by atoms with Gasteiger partial charge in [0.05, 0.1) is 6.54 Å². The molecule has 0 aliphatic carbocycles. The van der Waals surface area contributed by atoms with Crippen LogP contribution >= 0.6 is 0 Å². The molecule has 3 heteroatoms. The topological polar surface area (TPSA) is 32.3 Å². The largest absolute Gasteiger partial charge is 0.322 e. The lowest BCUT2D eigenvalue weighted by Crippen LogP contribution is -2.31. The van der Waals surface area contributed by atoms with Crippen molar-refractivity contribution < 1.29 is 4.79 Å². The number of hydrogen-bond acceptors (Lipinski definition) is 2. The van der Waals surface area contributed by atoms with Crippen LogP contribution in [-0.4, -0.2) is 23.9 Å². The van der Waals surface area contributed by atoms with Crippen molar-refractivity contribution in [2.75, 3.05) is 13.1 Å². The van der Waals surface area contributed by atoms with E-state index in [2.05, 4.69) is 44.3 Å². The maximum atomic E-state index is 12.1. The molecule has 0 radical (unpaired) electrons. The third kappa shape index (κ3) is 3.40. The van der Waals surface area contributed by atoms with Gasteiger partial charge < -0.3 is 4.90 Å². The number of hydrogen-bond donors (Lipinski definition) is 1. The highest BCUT2D eigenvalue weighted by Gasteiger charge is 2.31. The normalized spacial score (nSPS) is 18.9. The predicted octanol–water partition coefficient (Wildman–Crippen LogP) is 3.31. The maximum Gasteiger partial charge on any atom is 0.238 e. The second-order valence-electron chi connectivity index (χ2n) is 5.79. The van der Waals surface area contributed by atoms with Crippen LogP contribution < -0.4 is 5.32 Å². The lowest BCUT2D eigenvalue weighted by atomic mass is 10.0. The predicted molar refractivity (Wildman–Crippen MR) is 82.5 cm³/mol. The molecule has 1 aromatic rings. The minimum absolute atomic E-state index is 0.0599. The molecule has 1 fully saturated rings. The molecular weight excluding hydrogens is 248 g/mol. The number of nitrogens with zero attached hydrogens (tertiary/aromatic N) is 1. The van der Waals surface area contributed by atoms with Gasteiger partial charge in [0, 0.05) is 6.54 Å². The van der Waals surface area contributed by atoms with Crippen molar-refractivity contribution in [1.82, 2.24) is 10.2 Å². The summed E-state index contributed by atoms with van der Waals surface area (Å²) in [6.45, 7) is 7.77. The molecule has 1 aliphatic heterocycles. The Balaban J connectivity index is 2.07. The molecule has 0 spiro atoms. The molecular formula is C17H26N2O. The quantitative estimate of drug-likeness (QED) is 0.807. The second-order valence-corrected chi connectivity index (χ2v) is 5.79. The Kier molecular flexibility index (Phi) is 5.18. The molecule has 3 nitrogen and oxygen atoms in total. The van der Waals surface area contributed by atoms with Crippen LogP contribution in [0.25, 0.3) is 0 Å². The van der Waals surface area contributed by atoms with E-state index in [0.29, 0.717) is 6.54 Å². The number of unbranched alkanes of at least 4 members (excludes halogenated alkanes) is 3. The minimum Gasteiger partial charge on any atom is -0.322 e. The molecule has 0 bridgehead atoms. The first kappa shape index (κ1) is 15.0. The van der Waals surface area contributed by atoms with E-state index in [1.807, 2.05) is 4.90 Å². The van der Waals surface area contributed by atoms with Crippen molar-refractivity contribution in [3.05, 3.63) is 34.9 Å². The van der Waals surface area contributed by atoms with E-state index >= 15 is 0 Å². The third-order valence-corrected chi connectivity index (χ3v) is 4.05. The van der Waals surface area contributed by atoms with Gasteiger partial charge >= 0.3 is 0 Å². The van der Waals surface area contributed by atoms with Crippen molar-refractivity contribution >= 4 is 5.91 Å². The fourth-order valence-electron chi connectivity index (χ4n) is 2.91. The summed E-state index contributed by atoms with van der Waals surface area (Å²) in [6, 6.07) is 6.47. The van der Waals surface area contributed by atoms with Gasteiger partial charge in [0.15, 0.2) is 0 Å². The number of benzene rings is 1. The smallest absolute Gasteiger partial charge is 0.238 e. The van der Waals surface area contributed by atoms with E-state index in [4.69, 9.17) is 0 Å². The number of aryl methyl sites for hydroxylation is 2. The molecule has 2 rings (SSSR count). The molecule has 1 atom stereocenters. The third-order valence-electron chi connectivity index (χ3n) is 4.05. The number of nitrogens with one attached hydrogen (secondary N) is 1. The average Bonchev–Trinajstić information content (AvgIpc) is 2.76. The Morgan fingerprint density at radius 1 is 1.25 bits per heavy atom. The SMILES string of the molecule is CCCCCCN1C(=O)CNC1c1ccc(C)cc1C. The standard InChI is InChI=1S/C17H26N2O/c1-4-5-6-7-10-19-16(20)12-18-17(19)15-9-8-13(2)11-14(15)3/h8-9,11,17-18H,4-7,10,12H2,1-3H3. The first-order valence-corrected chi connectivity index (χ1v) is 7.73. The van der Waals surface area contributed by atoms with Gasteiger partial charge in [-0.25, -0.2) is 0 Å². The van der Waals surface area contributed by atoms with E-state index in [0.717, 1.165) is 13.0 Å². The van der Waals surface area contributed by atoms with Gasteiger partial charge in [-0.1, -0.05) is 49.9 Å². The van der Waals surface area contributed by atoms with Crippen LogP contribution in [0.15, 0.2) is 18.2 Å². The van der Waals surface area contributed by atoms with Gasteiger partial charge in [-0.3, -0.25) is 10.1 Å². The zero-order valence-electron chi connectivity index (χ0n) is 12.9. The molecule has 1 amide bonds. The van der Waals surface area contributed by atoms with Crippen LogP contribution in [0.4, 0.5) is 0 Å². The molecule has 1 aromatic carbocycles. The first-order valence-electron chi connectivity index (χ1n) is 7.73. The summed E-state index contributed by atoms with van der Waals surface area (Å²) in [5.41, 5.74) is 3.76. The monoisotopic (exact) mass is 274 g/mol. The number of rotatable bonds is 6. The fourth-order valence-corrected chi connectivity index (χ4v) is 2.91. The molecule has 1 heterocycles. The van der Waals surface area contributed by atoms with Crippen molar-refractivity contribution in [3.63, 3.8) is 0 Å². The van der Waals surface area contributed by atoms with Crippen molar-refractivity contribution in [2.24, 2.45) is 0 Å². The first-order chi connectivity index (χ1) is 9.63. The molecule has 1 aliphatic rings. The Hall–Kier alpha value is -1.35. The van der Waals surface area contributed by atoms with Crippen molar-refractivity contribution in [3.8, 4) is 0 Å². The summed E-state index contributed by atoms with van der Waals surface area (Å²) in [6.07, 6.45) is 4.85. The highest BCUT2D eigenvalue weighted by Crippen LogP contribution is 2.26. The van der Waals surface area contributed by atoms with Crippen LogP contribution in [0.1, 0.15) is 55.5 Å². The van der Waals surface area contributed by atoms with Gasteiger partial charge in [-0.05, 0) is 31.4 Å². The van der Waals surface area contributed by atoms with Crippen molar-refractivity contribution in [1.29, 1.82) is 0 Å². The Bertz CT molecular complexity index is 470. The zero-order valence-corrected chi connectivity index (χ0v) is 12.9.